The number of thiophene rings is 1. The van der Waals surface area contributed by atoms with Crippen molar-refractivity contribution in [3.05, 3.63) is 46.9 Å². The maximum atomic E-state index is 13.7. The Morgan fingerprint density at radius 1 is 1.16 bits per heavy atom. The smallest absolute Gasteiger partial charge is 0.146 e. The van der Waals surface area contributed by atoms with Gasteiger partial charge in [-0.1, -0.05) is 12.1 Å². The van der Waals surface area contributed by atoms with Crippen LogP contribution in [0.2, 0.25) is 0 Å². The lowest BCUT2D eigenvalue weighted by Crippen LogP contribution is -1.97. The number of halogens is 1. The quantitative estimate of drug-likeness (QED) is 0.760. The van der Waals surface area contributed by atoms with Crippen molar-refractivity contribution in [3.63, 3.8) is 0 Å². The molecule has 0 amide bonds. The molecule has 0 atom stereocenters. The molecular formula is C14H12FN3S. The van der Waals surface area contributed by atoms with Crippen molar-refractivity contribution in [3.8, 4) is 0 Å². The third-order valence-corrected chi connectivity index (χ3v) is 4.21. The fraction of sp³-hybridized carbons (Fsp3) is 0.143. The molecule has 0 radical (unpaired) electrons. The average Bonchev–Trinajstić information content (AvgIpc) is 2.69. The fourth-order valence-corrected chi connectivity index (χ4v) is 2.96. The topological polar surface area (TPSA) is 37.8 Å². The number of nitrogens with zero attached hydrogens (tertiary/aromatic N) is 2. The van der Waals surface area contributed by atoms with Crippen LogP contribution in [0, 0.1) is 19.7 Å². The summed E-state index contributed by atoms with van der Waals surface area (Å²) in [6.07, 6.45) is 1.50. The van der Waals surface area contributed by atoms with E-state index in [2.05, 4.69) is 22.2 Å². The van der Waals surface area contributed by atoms with Gasteiger partial charge in [0, 0.05) is 4.88 Å². The number of benzene rings is 1. The molecule has 0 spiro atoms. The predicted molar refractivity (Wildman–Crippen MR) is 76.6 cm³/mol. The van der Waals surface area contributed by atoms with Gasteiger partial charge >= 0.3 is 0 Å². The molecule has 96 valence electrons. The normalized spacial score (nSPS) is 10.9. The maximum absolute atomic E-state index is 13.7. The first kappa shape index (κ1) is 12.0. The Bertz CT molecular complexity index is 752. The summed E-state index contributed by atoms with van der Waals surface area (Å²) in [6.45, 7) is 4.08. The predicted octanol–water partition coefficient (Wildman–Crippen LogP) is 4.19. The molecule has 3 aromatic rings. The van der Waals surface area contributed by atoms with Gasteiger partial charge in [-0.3, -0.25) is 0 Å². The molecule has 3 nitrogen and oxygen atoms in total. The Kier molecular flexibility index (Phi) is 2.91. The summed E-state index contributed by atoms with van der Waals surface area (Å²) in [7, 11) is 0. The number of hydrogen-bond acceptors (Lipinski definition) is 4. The largest absolute Gasteiger partial charge is 0.337 e. The van der Waals surface area contributed by atoms with E-state index in [1.54, 1.807) is 29.5 Å². The van der Waals surface area contributed by atoms with Gasteiger partial charge in [0.15, 0.2) is 0 Å². The Morgan fingerprint density at radius 2 is 1.95 bits per heavy atom. The molecule has 1 N–H and O–H groups in total. The highest BCUT2D eigenvalue weighted by Crippen LogP contribution is 2.33. The minimum Gasteiger partial charge on any atom is -0.337 e. The summed E-state index contributed by atoms with van der Waals surface area (Å²) < 4.78 is 13.7. The summed E-state index contributed by atoms with van der Waals surface area (Å²) in [5, 5.41) is 4.02. The van der Waals surface area contributed by atoms with Crippen LogP contribution >= 0.6 is 11.3 Å². The summed E-state index contributed by atoms with van der Waals surface area (Å²) in [4.78, 5) is 10.6. The van der Waals surface area contributed by atoms with Crippen LogP contribution in [-0.2, 0) is 0 Å². The lowest BCUT2D eigenvalue weighted by Gasteiger charge is -2.07. The first-order valence-electron chi connectivity index (χ1n) is 5.89. The molecule has 0 aliphatic rings. The molecule has 0 saturated carbocycles. The summed E-state index contributed by atoms with van der Waals surface area (Å²) >= 11 is 1.62. The van der Waals surface area contributed by atoms with Crippen LogP contribution in [0.15, 0.2) is 30.6 Å². The monoisotopic (exact) mass is 273 g/mol. The van der Waals surface area contributed by atoms with Gasteiger partial charge < -0.3 is 5.32 Å². The molecule has 5 heteroatoms. The van der Waals surface area contributed by atoms with E-state index < -0.39 is 0 Å². The van der Waals surface area contributed by atoms with Gasteiger partial charge in [-0.05, 0) is 31.5 Å². The second kappa shape index (κ2) is 4.59. The van der Waals surface area contributed by atoms with Crippen LogP contribution in [0.5, 0.6) is 0 Å². The van der Waals surface area contributed by atoms with Gasteiger partial charge in [-0.25, -0.2) is 14.4 Å². The Balaban J connectivity index is 2.13. The van der Waals surface area contributed by atoms with E-state index >= 15 is 0 Å². The third-order valence-electron chi connectivity index (χ3n) is 3.09. The van der Waals surface area contributed by atoms with E-state index in [0.29, 0.717) is 11.5 Å². The SMILES string of the molecule is Cc1sc2ncnc(Nc3ccccc3F)c2c1C. The zero-order valence-electron chi connectivity index (χ0n) is 10.6. The van der Waals surface area contributed by atoms with Gasteiger partial charge in [-0.15, -0.1) is 11.3 Å². The van der Waals surface area contributed by atoms with Gasteiger partial charge in [0.1, 0.15) is 22.8 Å². The highest BCUT2D eigenvalue weighted by atomic mass is 32.1. The van der Waals surface area contributed by atoms with E-state index in [4.69, 9.17) is 0 Å². The second-order valence-corrected chi connectivity index (χ2v) is 5.49. The zero-order valence-corrected chi connectivity index (χ0v) is 11.4. The van der Waals surface area contributed by atoms with Gasteiger partial charge in [0.2, 0.25) is 0 Å². The molecule has 3 rings (SSSR count). The molecule has 0 saturated heterocycles. The van der Waals surface area contributed by atoms with Crippen molar-refractivity contribution in [2.24, 2.45) is 0 Å². The minimum atomic E-state index is -0.293. The Morgan fingerprint density at radius 3 is 2.74 bits per heavy atom. The number of aromatic nitrogens is 2. The van der Waals surface area contributed by atoms with Gasteiger partial charge in [-0.2, -0.15) is 0 Å². The van der Waals surface area contributed by atoms with Crippen LogP contribution in [0.3, 0.4) is 0 Å². The van der Waals surface area contributed by atoms with Crippen LogP contribution in [0.4, 0.5) is 15.9 Å². The molecule has 0 bridgehead atoms. The maximum Gasteiger partial charge on any atom is 0.146 e. The van der Waals surface area contributed by atoms with Gasteiger partial charge in [0.25, 0.3) is 0 Å². The first-order valence-corrected chi connectivity index (χ1v) is 6.70. The fourth-order valence-electron chi connectivity index (χ4n) is 1.97. The molecule has 0 aliphatic heterocycles. The van der Waals surface area contributed by atoms with E-state index in [1.807, 2.05) is 6.92 Å². The molecule has 1 aromatic carbocycles. The Hall–Kier alpha value is -2.01. The summed E-state index contributed by atoms with van der Waals surface area (Å²) in [5.74, 6) is 0.357. The molecule has 2 heterocycles. The molecule has 19 heavy (non-hydrogen) atoms. The number of fused-ring (bicyclic) bond motifs is 1. The molecular weight excluding hydrogens is 261 g/mol. The third kappa shape index (κ3) is 2.06. The second-order valence-electron chi connectivity index (χ2n) is 4.29. The van der Waals surface area contributed by atoms with Crippen molar-refractivity contribution in [1.82, 2.24) is 9.97 Å². The van der Waals surface area contributed by atoms with Crippen molar-refractivity contribution >= 4 is 33.1 Å². The summed E-state index contributed by atoms with van der Waals surface area (Å²) in [6, 6.07) is 6.57. The minimum absolute atomic E-state index is 0.293. The van der Waals surface area contributed by atoms with E-state index in [1.165, 1.54) is 17.3 Å². The summed E-state index contributed by atoms with van der Waals surface area (Å²) in [5.41, 5.74) is 1.56. The van der Waals surface area contributed by atoms with E-state index in [-0.39, 0.29) is 5.82 Å². The van der Waals surface area contributed by atoms with Crippen molar-refractivity contribution in [2.75, 3.05) is 5.32 Å². The number of hydrogen-bond donors (Lipinski definition) is 1. The van der Waals surface area contributed by atoms with Crippen molar-refractivity contribution in [1.29, 1.82) is 0 Å². The van der Waals surface area contributed by atoms with E-state index in [0.717, 1.165) is 15.8 Å². The number of nitrogens with one attached hydrogen (secondary N) is 1. The number of aryl methyl sites for hydroxylation is 2. The van der Waals surface area contributed by atoms with Crippen molar-refractivity contribution < 1.29 is 4.39 Å². The zero-order chi connectivity index (χ0) is 13.4. The molecule has 0 unspecified atom stereocenters. The van der Waals surface area contributed by atoms with E-state index in [9.17, 15) is 4.39 Å². The van der Waals surface area contributed by atoms with Crippen LogP contribution in [0.25, 0.3) is 10.2 Å². The van der Waals surface area contributed by atoms with Gasteiger partial charge in [0.05, 0.1) is 11.1 Å². The molecule has 0 fully saturated rings. The highest BCUT2D eigenvalue weighted by molar-refractivity contribution is 7.18. The molecule has 0 aliphatic carbocycles. The average molecular weight is 273 g/mol. The van der Waals surface area contributed by atoms with Crippen molar-refractivity contribution in [2.45, 2.75) is 13.8 Å². The first-order chi connectivity index (χ1) is 9.16. The highest BCUT2D eigenvalue weighted by Gasteiger charge is 2.12. The number of anilines is 2. The lowest BCUT2D eigenvalue weighted by atomic mass is 10.2. The standard InChI is InChI=1S/C14H12FN3S/c1-8-9(2)19-14-12(8)13(16-7-17-14)18-11-6-4-3-5-10(11)15/h3-7H,1-2H3,(H,16,17,18). The van der Waals surface area contributed by atoms with Crippen LogP contribution in [0.1, 0.15) is 10.4 Å². The lowest BCUT2D eigenvalue weighted by molar-refractivity contribution is 0.632. The Labute approximate surface area is 114 Å². The van der Waals surface area contributed by atoms with Crippen LogP contribution in [-0.4, -0.2) is 9.97 Å². The number of para-hydroxylation sites is 1. The molecule has 2 aromatic heterocycles. The number of rotatable bonds is 2. The van der Waals surface area contributed by atoms with Crippen LogP contribution < -0.4 is 5.32 Å².